The first kappa shape index (κ1) is 23.6. The van der Waals surface area contributed by atoms with Crippen LogP contribution in [0.2, 0.25) is 0 Å². The Morgan fingerprint density at radius 2 is 1.73 bits per heavy atom. The molecule has 6 nitrogen and oxygen atoms in total. The van der Waals surface area contributed by atoms with Gasteiger partial charge in [-0.1, -0.05) is 24.3 Å². The first-order chi connectivity index (χ1) is 16.0. The van der Waals surface area contributed by atoms with Gasteiger partial charge < -0.3 is 14.4 Å². The first-order valence-corrected chi connectivity index (χ1v) is 12.7. The Morgan fingerprint density at radius 3 is 2.42 bits per heavy atom. The summed E-state index contributed by atoms with van der Waals surface area (Å²) < 4.78 is 10.6. The minimum Gasteiger partial charge on any atom is -0.489 e. The van der Waals surface area contributed by atoms with Crippen LogP contribution < -0.4 is 0 Å². The minimum atomic E-state index is -0.312. The van der Waals surface area contributed by atoms with Crippen LogP contribution in [-0.2, 0) is 30.3 Å². The molecule has 33 heavy (non-hydrogen) atoms. The molecule has 4 rings (SSSR count). The fraction of sp³-hybridized carbons (Fsp3) is 0.500. The summed E-state index contributed by atoms with van der Waals surface area (Å²) in [7, 11) is 2.76. The van der Waals surface area contributed by atoms with Gasteiger partial charge in [0, 0.05) is 48.1 Å². The SMILES string of the molecule is COC1=C(OC)C(=O)C([C@H]2c3ccccc3CC[C@@H]2CCC(=O)N2CCSCC2)=C(C)C1=O. The molecule has 176 valence electrons. The number of rotatable bonds is 6. The van der Waals surface area contributed by atoms with E-state index in [0.717, 1.165) is 43.0 Å². The molecule has 0 spiro atoms. The van der Waals surface area contributed by atoms with E-state index in [4.69, 9.17) is 9.47 Å². The van der Waals surface area contributed by atoms with E-state index in [1.807, 2.05) is 28.8 Å². The number of hydrogen-bond donors (Lipinski definition) is 0. The fourth-order valence-corrected chi connectivity index (χ4v) is 6.25. The van der Waals surface area contributed by atoms with Crippen molar-refractivity contribution in [2.45, 2.75) is 38.5 Å². The molecule has 0 radical (unpaired) electrons. The minimum absolute atomic E-state index is 0.0354. The molecular formula is C26H31NO5S. The number of allylic oxidation sites excluding steroid dienone is 2. The molecule has 0 bridgehead atoms. The number of methoxy groups -OCH3 is 2. The van der Waals surface area contributed by atoms with Crippen LogP contribution in [0.4, 0.5) is 0 Å². The Hall–Kier alpha value is -2.54. The molecule has 1 aromatic carbocycles. The van der Waals surface area contributed by atoms with Gasteiger partial charge in [0.25, 0.3) is 0 Å². The number of carbonyl (C=O) groups excluding carboxylic acids is 3. The summed E-state index contributed by atoms with van der Waals surface area (Å²) >= 11 is 1.88. The van der Waals surface area contributed by atoms with E-state index in [0.29, 0.717) is 24.0 Å². The zero-order valence-corrected chi connectivity index (χ0v) is 20.3. The molecule has 0 aromatic heterocycles. The number of ketones is 2. The Balaban J connectivity index is 1.67. The lowest BCUT2D eigenvalue weighted by Gasteiger charge is -2.37. The number of ether oxygens (including phenoxy) is 2. The summed E-state index contributed by atoms with van der Waals surface area (Å²) in [5.74, 6) is 1.32. The quantitative estimate of drug-likeness (QED) is 0.592. The van der Waals surface area contributed by atoms with E-state index < -0.39 is 0 Å². The molecule has 2 aliphatic carbocycles. The lowest BCUT2D eigenvalue weighted by molar-refractivity contribution is -0.131. The molecule has 1 amide bonds. The fourth-order valence-electron chi connectivity index (χ4n) is 5.35. The highest BCUT2D eigenvalue weighted by Crippen LogP contribution is 2.46. The lowest BCUT2D eigenvalue weighted by Crippen LogP contribution is -2.38. The van der Waals surface area contributed by atoms with Crippen molar-refractivity contribution < 1.29 is 23.9 Å². The zero-order valence-electron chi connectivity index (χ0n) is 19.5. The van der Waals surface area contributed by atoms with E-state index in [1.165, 1.54) is 19.8 Å². The van der Waals surface area contributed by atoms with Crippen LogP contribution in [0.15, 0.2) is 46.9 Å². The molecular weight excluding hydrogens is 438 g/mol. The zero-order chi connectivity index (χ0) is 23.5. The van der Waals surface area contributed by atoms with Crippen molar-refractivity contribution in [3.05, 3.63) is 58.1 Å². The van der Waals surface area contributed by atoms with E-state index in [2.05, 4.69) is 12.1 Å². The topological polar surface area (TPSA) is 72.9 Å². The average molecular weight is 470 g/mol. The molecule has 3 aliphatic rings. The lowest BCUT2D eigenvalue weighted by atomic mass is 9.67. The third-order valence-corrected chi connectivity index (χ3v) is 8.01. The molecule has 1 fully saturated rings. The number of benzene rings is 1. The number of amides is 1. The number of hydrogen-bond acceptors (Lipinski definition) is 6. The summed E-state index contributed by atoms with van der Waals surface area (Å²) in [6, 6.07) is 8.12. The predicted octanol–water partition coefficient (Wildman–Crippen LogP) is 3.66. The van der Waals surface area contributed by atoms with Crippen molar-refractivity contribution in [1.82, 2.24) is 4.90 Å². The number of aryl methyl sites for hydroxylation is 1. The van der Waals surface area contributed by atoms with E-state index in [9.17, 15) is 14.4 Å². The van der Waals surface area contributed by atoms with Gasteiger partial charge in [-0.05, 0) is 43.2 Å². The van der Waals surface area contributed by atoms with Gasteiger partial charge in [-0.25, -0.2) is 0 Å². The standard InChI is InChI=1S/C26H31NO5S/c1-16-21(24(30)26(32-3)25(31-2)23(16)29)22-18(9-8-17-6-4-5-7-19(17)22)10-11-20(28)27-12-14-33-15-13-27/h4-7,18,22H,8-15H2,1-3H3/t18-,22-/m1/s1. The Kier molecular flexibility index (Phi) is 7.27. The molecule has 1 aromatic rings. The summed E-state index contributed by atoms with van der Waals surface area (Å²) in [4.78, 5) is 41.5. The van der Waals surface area contributed by atoms with Crippen molar-refractivity contribution >= 4 is 29.2 Å². The molecule has 2 atom stereocenters. The van der Waals surface area contributed by atoms with Gasteiger partial charge in [0.05, 0.1) is 14.2 Å². The highest BCUT2D eigenvalue weighted by molar-refractivity contribution is 7.99. The van der Waals surface area contributed by atoms with Crippen molar-refractivity contribution in [2.75, 3.05) is 38.8 Å². The summed E-state index contributed by atoms with van der Waals surface area (Å²) in [6.07, 6.45) is 2.91. The van der Waals surface area contributed by atoms with Crippen LogP contribution in [0.25, 0.3) is 0 Å². The predicted molar refractivity (Wildman–Crippen MR) is 128 cm³/mol. The van der Waals surface area contributed by atoms with Crippen LogP contribution in [0, 0.1) is 5.92 Å². The number of carbonyl (C=O) groups is 3. The number of thioether (sulfide) groups is 1. The van der Waals surface area contributed by atoms with Crippen LogP contribution in [0.3, 0.4) is 0 Å². The smallest absolute Gasteiger partial charge is 0.228 e. The normalized spacial score (nSPS) is 23.5. The third kappa shape index (κ3) is 4.47. The molecule has 1 aliphatic heterocycles. The average Bonchev–Trinajstić information content (AvgIpc) is 2.85. The Labute approximate surface area is 199 Å². The van der Waals surface area contributed by atoms with Gasteiger partial charge in [-0.3, -0.25) is 14.4 Å². The summed E-state index contributed by atoms with van der Waals surface area (Å²) in [6.45, 7) is 3.31. The summed E-state index contributed by atoms with van der Waals surface area (Å²) in [5.41, 5.74) is 3.15. The van der Waals surface area contributed by atoms with Gasteiger partial charge in [-0.15, -0.1) is 0 Å². The first-order valence-electron chi connectivity index (χ1n) is 11.5. The second-order valence-electron chi connectivity index (χ2n) is 8.77. The third-order valence-electron chi connectivity index (χ3n) is 7.07. The maximum Gasteiger partial charge on any atom is 0.228 e. The van der Waals surface area contributed by atoms with Crippen molar-refractivity contribution in [2.24, 2.45) is 5.92 Å². The highest BCUT2D eigenvalue weighted by Gasteiger charge is 2.43. The monoisotopic (exact) mass is 469 g/mol. The van der Waals surface area contributed by atoms with Crippen LogP contribution in [0.1, 0.15) is 43.2 Å². The van der Waals surface area contributed by atoms with Gasteiger partial charge in [0.1, 0.15) is 0 Å². The second-order valence-corrected chi connectivity index (χ2v) is 10.00. The van der Waals surface area contributed by atoms with E-state index in [1.54, 1.807) is 6.92 Å². The molecule has 0 N–H and O–H groups in total. The van der Waals surface area contributed by atoms with Crippen LogP contribution in [-0.4, -0.2) is 61.2 Å². The number of fused-ring (bicyclic) bond motifs is 1. The number of nitrogens with zero attached hydrogens (tertiary/aromatic N) is 1. The largest absolute Gasteiger partial charge is 0.489 e. The van der Waals surface area contributed by atoms with Crippen LogP contribution in [0.5, 0.6) is 0 Å². The van der Waals surface area contributed by atoms with Crippen molar-refractivity contribution in [1.29, 1.82) is 0 Å². The van der Waals surface area contributed by atoms with E-state index >= 15 is 0 Å². The second kappa shape index (κ2) is 10.2. The van der Waals surface area contributed by atoms with Gasteiger partial charge in [0.2, 0.25) is 29.0 Å². The maximum atomic E-state index is 13.6. The summed E-state index contributed by atoms with van der Waals surface area (Å²) in [5, 5.41) is 0. The molecule has 0 unspecified atom stereocenters. The Bertz CT molecular complexity index is 1020. The van der Waals surface area contributed by atoms with Gasteiger partial charge >= 0.3 is 0 Å². The molecule has 1 heterocycles. The molecule has 1 saturated heterocycles. The Morgan fingerprint density at radius 1 is 1.06 bits per heavy atom. The van der Waals surface area contributed by atoms with Gasteiger partial charge in [-0.2, -0.15) is 11.8 Å². The molecule has 7 heteroatoms. The number of Topliss-reactive ketones (excluding diaryl/α,β-unsaturated/α-hetero) is 2. The maximum absolute atomic E-state index is 13.6. The molecule has 0 saturated carbocycles. The van der Waals surface area contributed by atoms with Gasteiger partial charge in [0.15, 0.2) is 0 Å². The van der Waals surface area contributed by atoms with E-state index in [-0.39, 0.29) is 40.8 Å². The highest BCUT2D eigenvalue weighted by atomic mass is 32.2. The van der Waals surface area contributed by atoms with Crippen LogP contribution >= 0.6 is 11.8 Å². The van der Waals surface area contributed by atoms with Crippen molar-refractivity contribution in [3.8, 4) is 0 Å². The van der Waals surface area contributed by atoms with Crippen molar-refractivity contribution in [3.63, 3.8) is 0 Å².